The molecule has 1 fully saturated rings. The lowest BCUT2D eigenvalue weighted by Crippen LogP contribution is -2.24. The van der Waals surface area contributed by atoms with E-state index in [-0.39, 0.29) is 12.1 Å². The van der Waals surface area contributed by atoms with E-state index in [0.29, 0.717) is 25.1 Å². The number of halogens is 4. The molecule has 1 aliphatic carbocycles. The van der Waals surface area contributed by atoms with Gasteiger partial charge in [-0.15, -0.1) is 0 Å². The number of hydrogen-bond acceptors (Lipinski definition) is 4. The van der Waals surface area contributed by atoms with E-state index in [1.165, 1.54) is 23.1 Å². The molecular weight excluding hydrogens is 362 g/mol. The summed E-state index contributed by atoms with van der Waals surface area (Å²) in [5.41, 5.74) is -0.534. The zero-order valence-corrected chi connectivity index (χ0v) is 15.0. The Morgan fingerprint density at radius 2 is 1.93 bits per heavy atom. The summed E-state index contributed by atoms with van der Waals surface area (Å²) in [5.74, 6) is -0.868. The monoisotopic (exact) mass is 383 g/mol. The Morgan fingerprint density at radius 1 is 1.19 bits per heavy atom. The maximum absolute atomic E-state index is 13.5. The lowest BCUT2D eigenvalue weighted by molar-refractivity contribution is -0.140. The van der Waals surface area contributed by atoms with Gasteiger partial charge in [0.2, 0.25) is 11.8 Å². The van der Waals surface area contributed by atoms with Crippen molar-refractivity contribution in [3.8, 4) is 5.88 Å². The summed E-state index contributed by atoms with van der Waals surface area (Å²) >= 11 is 0. The Bertz CT molecular complexity index is 776. The summed E-state index contributed by atoms with van der Waals surface area (Å²) in [5, 5.41) is 0. The number of hydrogen-bond donors (Lipinski definition) is 0. The lowest BCUT2D eigenvalue weighted by atomic mass is 9.98. The highest BCUT2D eigenvalue weighted by Gasteiger charge is 2.37. The molecule has 0 radical (unpaired) electrons. The molecular formula is C19H21F4N3O. The van der Waals surface area contributed by atoms with Crippen molar-refractivity contribution in [2.45, 2.75) is 51.3 Å². The highest BCUT2D eigenvalue weighted by atomic mass is 19.4. The van der Waals surface area contributed by atoms with Gasteiger partial charge in [-0.25, -0.2) is 9.37 Å². The SMILES string of the molecule is CCN(c1cccc(F)c1)c1ncc(C(F)(F)F)c(OC2CCCCC2)n1. The number of anilines is 2. The van der Waals surface area contributed by atoms with Crippen molar-refractivity contribution < 1.29 is 22.3 Å². The molecule has 0 spiro atoms. The van der Waals surface area contributed by atoms with Crippen molar-refractivity contribution in [2.75, 3.05) is 11.4 Å². The number of benzene rings is 1. The van der Waals surface area contributed by atoms with Crippen molar-refractivity contribution in [3.63, 3.8) is 0 Å². The van der Waals surface area contributed by atoms with E-state index in [4.69, 9.17) is 4.74 Å². The van der Waals surface area contributed by atoms with E-state index in [2.05, 4.69) is 9.97 Å². The zero-order chi connectivity index (χ0) is 19.4. The third-order valence-corrected chi connectivity index (χ3v) is 4.55. The normalized spacial score (nSPS) is 15.6. The number of nitrogens with zero attached hydrogens (tertiary/aromatic N) is 3. The molecule has 3 rings (SSSR count). The molecule has 1 aromatic heterocycles. The lowest BCUT2D eigenvalue weighted by Gasteiger charge is -2.26. The molecule has 1 aliphatic rings. The topological polar surface area (TPSA) is 38.2 Å². The van der Waals surface area contributed by atoms with Crippen molar-refractivity contribution in [3.05, 3.63) is 41.8 Å². The van der Waals surface area contributed by atoms with Gasteiger partial charge in [0, 0.05) is 18.4 Å². The second-order valence-corrected chi connectivity index (χ2v) is 6.49. The predicted octanol–water partition coefficient (Wildman–Crippen LogP) is 5.50. The third-order valence-electron chi connectivity index (χ3n) is 4.55. The molecule has 4 nitrogen and oxygen atoms in total. The van der Waals surface area contributed by atoms with Crippen LogP contribution >= 0.6 is 0 Å². The Morgan fingerprint density at radius 3 is 2.56 bits per heavy atom. The van der Waals surface area contributed by atoms with Crippen LogP contribution in [0.4, 0.5) is 29.2 Å². The van der Waals surface area contributed by atoms with Crippen LogP contribution < -0.4 is 9.64 Å². The molecule has 27 heavy (non-hydrogen) atoms. The number of ether oxygens (including phenoxy) is 1. The van der Waals surface area contributed by atoms with Crippen LogP contribution in [0, 0.1) is 5.82 Å². The van der Waals surface area contributed by atoms with Gasteiger partial charge in [0.15, 0.2) is 0 Å². The fourth-order valence-corrected chi connectivity index (χ4v) is 3.20. The van der Waals surface area contributed by atoms with E-state index in [0.717, 1.165) is 25.5 Å². The minimum Gasteiger partial charge on any atom is -0.474 e. The highest BCUT2D eigenvalue weighted by Crippen LogP contribution is 2.37. The standard InChI is InChI=1S/C19H21F4N3O/c1-2-26(14-8-6-7-13(20)11-14)18-24-12-16(19(21,22)23)17(25-18)27-15-9-4-3-5-10-15/h6-8,11-12,15H,2-5,9-10H2,1H3. The molecule has 0 amide bonds. The summed E-state index contributed by atoms with van der Waals surface area (Å²) in [6, 6.07) is 5.75. The average Bonchev–Trinajstić information content (AvgIpc) is 2.62. The first-order valence-electron chi connectivity index (χ1n) is 9.02. The van der Waals surface area contributed by atoms with Gasteiger partial charge in [0.25, 0.3) is 0 Å². The summed E-state index contributed by atoms with van der Waals surface area (Å²) < 4.78 is 59.3. The molecule has 1 saturated carbocycles. The second kappa shape index (κ2) is 8.10. The largest absolute Gasteiger partial charge is 0.474 e. The zero-order valence-electron chi connectivity index (χ0n) is 15.0. The van der Waals surface area contributed by atoms with Gasteiger partial charge >= 0.3 is 6.18 Å². The summed E-state index contributed by atoms with van der Waals surface area (Å²) in [6.45, 7) is 2.14. The summed E-state index contributed by atoms with van der Waals surface area (Å²) in [7, 11) is 0. The molecule has 8 heteroatoms. The smallest absolute Gasteiger partial charge is 0.423 e. The average molecular weight is 383 g/mol. The van der Waals surface area contributed by atoms with Crippen LogP contribution in [0.3, 0.4) is 0 Å². The first-order valence-corrected chi connectivity index (χ1v) is 9.02. The van der Waals surface area contributed by atoms with Gasteiger partial charge < -0.3 is 9.64 Å². The van der Waals surface area contributed by atoms with Gasteiger partial charge in [-0.3, -0.25) is 0 Å². The van der Waals surface area contributed by atoms with Crippen LogP contribution in [0.25, 0.3) is 0 Å². The molecule has 0 saturated heterocycles. The van der Waals surface area contributed by atoms with Crippen molar-refractivity contribution in [1.82, 2.24) is 9.97 Å². The molecule has 0 atom stereocenters. The van der Waals surface area contributed by atoms with Crippen LogP contribution in [0.5, 0.6) is 5.88 Å². The third kappa shape index (κ3) is 4.67. The fraction of sp³-hybridized carbons (Fsp3) is 0.474. The van der Waals surface area contributed by atoms with Crippen molar-refractivity contribution in [1.29, 1.82) is 0 Å². The first kappa shape index (κ1) is 19.4. The number of aromatic nitrogens is 2. The number of rotatable bonds is 5. The molecule has 0 N–H and O–H groups in total. The van der Waals surface area contributed by atoms with Crippen LogP contribution in [0.15, 0.2) is 30.5 Å². The van der Waals surface area contributed by atoms with E-state index in [1.807, 2.05) is 0 Å². The minimum atomic E-state index is -4.61. The van der Waals surface area contributed by atoms with Gasteiger partial charge in [-0.1, -0.05) is 12.5 Å². The Balaban J connectivity index is 1.97. The molecule has 0 bridgehead atoms. The van der Waals surface area contributed by atoms with Crippen LogP contribution in [0.2, 0.25) is 0 Å². The van der Waals surface area contributed by atoms with E-state index < -0.39 is 23.4 Å². The predicted molar refractivity (Wildman–Crippen MR) is 93.6 cm³/mol. The summed E-state index contributed by atoms with van der Waals surface area (Å²) in [6.07, 6.45) is 0.163. The quantitative estimate of drug-likeness (QED) is 0.639. The fourth-order valence-electron chi connectivity index (χ4n) is 3.20. The van der Waals surface area contributed by atoms with E-state index in [1.54, 1.807) is 13.0 Å². The van der Waals surface area contributed by atoms with Crippen LogP contribution in [0.1, 0.15) is 44.6 Å². The Kier molecular flexibility index (Phi) is 5.82. The molecule has 1 heterocycles. The van der Waals surface area contributed by atoms with Gasteiger partial charge in [0.05, 0.1) is 0 Å². The molecule has 0 unspecified atom stereocenters. The molecule has 1 aromatic carbocycles. The Hall–Kier alpha value is -2.38. The van der Waals surface area contributed by atoms with Crippen molar-refractivity contribution in [2.24, 2.45) is 0 Å². The highest BCUT2D eigenvalue weighted by molar-refractivity contribution is 5.57. The Labute approximate surface area is 155 Å². The second-order valence-electron chi connectivity index (χ2n) is 6.49. The van der Waals surface area contributed by atoms with Gasteiger partial charge in [0.1, 0.15) is 17.5 Å². The maximum atomic E-state index is 13.5. The first-order chi connectivity index (χ1) is 12.9. The van der Waals surface area contributed by atoms with E-state index in [9.17, 15) is 17.6 Å². The molecule has 2 aromatic rings. The van der Waals surface area contributed by atoms with Crippen molar-refractivity contribution >= 4 is 11.6 Å². The minimum absolute atomic E-state index is 0.0434. The van der Waals surface area contributed by atoms with Crippen LogP contribution in [-0.2, 0) is 6.18 Å². The summed E-state index contributed by atoms with van der Waals surface area (Å²) in [4.78, 5) is 9.47. The maximum Gasteiger partial charge on any atom is 0.423 e. The molecule has 0 aliphatic heterocycles. The van der Waals surface area contributed by atoms with Gasteiger partial charge in [-0.05, 0) is 50.8 Å². The van der Waals surface area contributed by atoms with Gasteiger partial charge in [-0.2, -0.15) is 18.2 Å². The molecule has 146 valence electrons. The number of alkyl halides is 3. The van der Waals surface area contributed by atoms with E-state index >= 15 is 0 Å². The van der Waals surface area contributed by atoms with Crippen LogP contribution in [-0.4, -0.2) is 22.6 Å².